The maximum absolute atomic E-state index is 13.1. The third kappa shape index (κ3) is 7.93. The molecule has 37 heavy (non-hydrogen) atoms. The van der Waals surface area contributed by atoms with E-state index in [-0.39, 0.29) is 25.4 Å². The molecule has 1 amide bonds. The highest BCUT2D eigenvalue weighted by molar-refractivity contribution is 6.30. The van der Waals surface area contributed by atoms with Gasteiger partial charge in [-0.15, -0.1) is 0 Å². The summed E-state index contributed by atoms with van der Waals surface area (Å²) in [5.74, 6) is -0.0198. The van der Waals surface area contributed by atoms with Gasteiger partial charge in [-0.2, -0.15) is 0 Å². The molecule has 0 bridgehead atoms. The summed E-state index contributed by atoms with van der Waals surface area (Å²) in [5, 5.41) is 15.9. The monoisotopic (exact) mass is 529 g/mol. The first-order valence-corrected chi connectivity index (χ1v) is 12.4. The van der Waals surface area contributed by atoms with Crippen LogP contribution in [-0.2, 0) is 9.47 Å². The fourth-order valence-electron chi connectivity index (χ4n) is 3.48. The van der Waals surface area contributed by atoms with Crippen LogP contribution < -0.4 is 10.6 Å². The minimum atomic E-state index is -0.825. The number of H-pyrrole nitrogens is 1. The molecule has 0 fully saturated rings. The third-order valence-electron chi connectivity index (χ3n) is 5.48. The summed E-state index contributed by atoms with van der Waals surface area (Å²) in [5.41, 5.74) is 3.12. The number of rotatable bonds is 11. The van der Waals surface area contributed by atoms with E-state index in [4.69, 9.17) is 21.1 Å². The topological polar surface area (TPSA) is 138 Å². The van der Waals surface area contributed by atoms with Crippen molar-refractivity contribution in [1.29, 1.82) is 0 Å². The van der Waals surface area contributed by atoms with Crippen molar-refractivity contribution in [3.05, 3.63) is 64.6 Å². The molecular formula is C26H32ClN5O5. The second-order valence-corrected chi connectivity index (χ2v) is 9.20. The minimum Gasteiger partial charge on any atom is -0.432 e. The predicted molar refractivity (Wildman–Crippen MR) is 141 cm³/mol. The van der Waals surface area contributed by atoms with Crippen molar-refractivity contribution in [3.63, 3.8) is 0 Å². The molecule has 1 aromatic carbocycles. The fourth-order valence-corrected chi connectivity index (χ4v) is 3.68. The van der Waals surface area contributed by atoms with Gasteiger partial charge in [-0.05, 0) is 56.5 Å². The Morgan fingerprint density at radius 1 is 1.24 bits per heavy atom. The summed E-state index contributed by atoms with van der Waals surface area (Å²) in [6.07, 6.45) is 2.92. The maximum atomic E-state index is 13.1. The number of carbonyl (C=O) groups excluding carboxylic acids is 2. The van der Waals surface area contributed by atoms with Gasteiger partial charge in [0.15, 0.2) is 0 Å². The average Bonchev–Trinajstić information content (AvgIpc) is 3.35. The van der Waals surface area contributed by atoms with Crippen LogP contribution in [0.25, 0.3) is 11.3 Å². The van der Waals surface area contributed by atoms with E-state index in [9.17, 15) is 14.7 Å². The number of nitrogens with zero attached hydrogens (tertiary/aromatic N) is 2. The molecule has 0 saturated heterocycles. The van der Waals surface area contributed by atoms with E-state index in [1.807, 2.05) is 13.8 Å². The molecule has 0 unspecified atom stereocenters. The molecule has 0 spiro atoms. The summed E-state index contributed by atoms with van der Waals surface area (Å²) in [6.45, 7) is 7.08. The number of ether oxygens (including phenoxy) is 2. The number of carbonyl (C=O) groups is 2. The van der Waals surface area contributed by atoms with Gasteiger partial charge < -0.3 is 30.2 Å². The number of aryl methyl sites for hydroxylation is 1. The Kier molecular flexibility index (Phi) is 9.87. The van der Waals surface area contributed by atoms with E-state index < -0.39 is 18.1 Å². The highest BCUT2D eigenvalue weighted by Crippen LogP contribution is 2.24. The standard InChI is InChI=1S/C26H32ClN5O5/c1-5-20(13-33)30-25-29-11-16(4)23(32-25)18-10-21(28-12-18)24(34)31-22(14-36-26(35)37-15(2)3)17-7-6-8-19(27)9-17/h6-12,15,20,22,28,33H,5,13-14H2,1-4H3,(H,31,34)(H,29,30,32)/t20-,22-/m1/s1. The smallest absolute Gasteiger partial charge is 0.432 e. The molecule has 0 aliphatic carbocycles. The minimum absolute atomic E-state index is 0.0375. The zero-order valence-electron chi connectivity index (χ0n) is 21.2. The zero-order chi connectivity index (χ0) is 26.9. The van der Waals surface area contributed by atoms with Gasteiger partial charge in [0.1, 0.15) is 12.3 Å². The van der Waals surface area contributed by atoms with E-state index in [0.29, 0.717) is 39.9 Å². The predicted octanol–water partition coefficient (Wildman–Crippen LogP) is 4.65. The number of amides is 1. The lowest BCUT2D eigenvalue weighted by Gasteiger charge is -2.19. The van der Waals surface area contributed by atoms with E-state index in [0.717, 1.165) is 5.56 Å². The highest BCUT2D eigenvalue weighted by Gasteiger charge is 2.21. The first kappa shape index (κ1) is 27.9. The molecule has 198 valence electrons. The van der Waals surface area contributed by atoms with E-state index in [2.05, 4.69) is 25.6 Å². The second-order valence-electron chi connectivity index (χ2n) is 8.77. The number of hydrogen-bond donors (Lipinski definition) is 4. The van der Waals surface area contributed by atoms with Gasteiger partial charge in [0.25, 0.3) is 5.91 Å². The number of hydrogen-bond acceptors (Lipinski definition) is 8. The molecule has 2 aromatic heterocycles. The lowest BCUT2D eigenvalue weighted by atomic mass is 10.1. The van der Waals surface area contributed by atoms with Gasteiger partial charge in [0.2, 0.25) is 5.95 Å². The van der Waals surface area contributed by atoms with E-state index >= 15 is 0 Å². The molecule has 0 saturated carbocycles. The molecule has 10 nitrogen and oxygen atoms in total. The Morgan fingerprint density at radius 2 is 2.03 bits per heavy atom. The fraction of sp³-hybridized carbons (Fsp3) is 0.385. The van der Waals surface area contributed by atoms with Gasteiger partial charge >= 0.3 is 6.16 Å². The van der Waals surface area contributed by atoms with Gasteiger partial charge in [-0.25, -0.2) is 14.8 Å². The third-order valence-corrected chi connectivity index (χ3v) is 5.71. The molecule has 0 aliphatic heterocycles. The Labute approximate surface area is 220 Å². The van der Waals surface area contributed by atoms with Crippen LogP contribution in [0.5, 0.6) is 0 Å². The van der Waals surface area contributed by atoms with Gasteiger partial charge in [-0.3, -0.25) is 4.79 Å². The SMILES string of the molecule is CC[C@H](CO)Nc1ncc(C)c(-c2c[nH]c(C(=O)N[C@H](COC(=O)OC(C)C)c3cccc(Cl)c3)c2)n1. The van der Waals surface area contributed by atoms with Gasteiger partial charge in [-0.1, -0.05) is 30.7 Å². The summed E-state index contributed by atoms with van der Waals surface area (Å²) in [7, 11) is 0. The second kappa shape index (κ2) is 13.1. The van der Waals surface area contributed by atoms with E-state index in [1.165, 1.54) is 0 Å². The number of aromatic amines is 1. The molecule has 3 aromatic rings. The van der Waals surface area contributed by atoms with Crippen LogP contribution in [0.15, 0.2) is 42.7 Å². The number of nitrogens with one attached hydrogen (secondary N) is 3. The van der Waals surface area contributed by atoms with Crippen molar-refractivity contribution >= 4 is 29.6 Å². The average molecular weight is 530 g/mol. The van der Waals surface area contributed by atoms with Crippen LogP contribution in [0, 0.1) is 6.92 Å². The normalized spacial score (nSPS) is 12.6. The molecule has 3 rings (SSSR count). The van der Waals surface area contributed by atoms with Gasteiger partial charge in [0.05, 0.1) is 30.5 Å². The molecule has 0 aliphatic rings. The van der Waals surface area contributed by atoms with E-state index in [1.54, 1.807) is 56.6 Å². The molecule has 2 atom stereocenters. The van der Waals surface area contributed by atoms with Crippen molar-refractivity contribution < 1.29 is 24.2 Å². The Balaban J connectivity index is 1.78. The summed E-state index contributed by atoms with van der Waals surface area (Å²) >= 11 is 6.14. The highest BCUT2D eigenvalue weighted by atomic mass is 35.5. The first-order valence-electron chi connectivity index (χ1n) is 12.0. The van der Waals surface area contributed by atoms with Crippen LogP contribution in [0.1, 0.15) is 54.8 Å². The van der Waals surface area contributed by atoms with Crippen LogP contribution in [0.4, 0.5) is 10.7 Å². The Morgan fingerprint density at radius 3 is 2.70 bits per heavy atom. The van der Waals surface area contributed by atoms with Crippen molar-refractivity contribution in [3.8, 4) is 11.3 Å². The largest absolute Gasteiger partial charge is 0.508 e. The number of aromatic nitrogens is 3. The molecule has 11 heteroatoms. The number of benzene rings is 1. The maximum Gasteiger partial charge on any atom is 0.508 e. The molecule has 4 N–H and O–H groups in total. The zero-order valence-corrected chi connectivity index (χ0v) is 22.0. The van der Waals surface area contributed by atoms with Crippen LogP contribution >= 0.6 is 11.6 Å². The van der Waals surface area contributed by atoms with Crippen LogP contribution in [0.2, 0.25) is 5.02 Å². The van der Waals surface area contributed by atoms with Crippen molar-refractivity contribution in [2.75, 3.05) is 18.5 Å². The lowest BCUT2D eigenvalue weighted by Crippen LogP contribution is -2.32. The molecule has 2 heterocycles. The summed E-state index contributed by atoms with van der Waals surface area (Å²) < 4.78 is 10.3. The quantitative estimate of drug-likeness (QED) is 0.263. The van der Waals surface area contributed by atoms with Crippen LogP contribution in [0.3, 0.4) is 0 Å². The number of aliphatic hydroxyl groups excluding tert-OH is 1. The number of anilines is 1. The van der Waals surface area contributed by atoms with Crippen LogP contribution in [-0.4, -0.2) is 57.5 Å². The first-order chi connectivity index (χ1) is 17.7. The number of halogens is 1. The molecular weight excluding hydrogens is 498 g/mol. The number of aliphatic hydroxyl groups is 1. The van der Waals surface area contributed by atoms with Crippen molar-refractivity contribution in [2.24, 2.45) is 0 Å². The Hall–Kier alpha value is -3.63. The van der Waals surface area contributed by atoms with Gasteiger partial charge in [0, 0.05) is 23.0 Å². The Bertz CT molecular complexity index is 1210. The lowest BCUT2D eigenvalue weighted by molar-refractivity contribution is 0.0284. The molecule has 0 radical (unpaired) electrons. The van der Waals surface area contributed by atoms with Crippen molar-refractivity contribution in [2.45, 2.75) is 52.3 Å². The van der Waals surface area contributed by atoms with Crippen molar-refractivity contribution in [1.82, 2.24) is 20.3 Å². The summed E-state index contributed by atoms with van der Waals surface area (Å²) in [4.78, 5) is 36.9. The summed E-state index contributed by atoms with van der Waals surface area (Å²) in [6, 6.07) is 7.79.